The van der Waals surface area contributed by atoms with Gasteiger partial charge in [0.25, 0.3) is 0 Å². The van der Waals surface area contributed by atoms with Crippen molar-refractivity contribution in [3.8, 4) is 28.3 Å². The first-order chi connectivity index (χ1) is 14.9. The van der Waals surface area contributed by atoms with Crippen LogP contribution in [0.25, 0.3) is 49.4 Å². The number of rotatable bonds is 1. The maximum absolute atomic E-state index is 6.43. The van der Waals surface area contributed by atoms with Gasteiger partial charge in [-0.1, -0.05) is 66.7 Å². The number of fused-ring (bicyclic) bond motifs is 5. The van der Waals surface area contributed by atoms with Gasteiger partial charge in [-0.3, -0.25) is 0 Å². The Labute approximate surface area is 173 Å². The summed E-state index contributed by atoms with van der Waals surface area (Å²) in [6.45, 7) is 0. The number of hydrogen-bond acceptors (Lipinski definition) is 1. The second-order valence-electron chi connectivity index (χ2n) is 7.82. The Morgan fingerprint density at radius 2 is 1.33 bits per heavy atom. The molecule has 0 saturated heterocycles. The molecule has 0 aliphatic carbocycles. The van der Waals surface area contributed by atoms with Gasteiger partial charge in [0.2, 0.25) is 0 Å². The van der Waals surface area contributed by atoms with Gasteiger partial charge in [0.1, 0.15) is 11.5 Å². The molecular formula is C28H17NO. The fraction of sp³-hybridized carbons (Fsp3) is 0. The summed E-state index contributed by atoms with van der Waals surface area (Å²) in [6.07, 6.45) is 0. The molecule has 0 atom stereocenters. The van der Waals surface area contributed by atoms with Crippen LogP contribution in [0, 0.1) is 0 Å². The molecule has 2 heterocycles. The van der Waals surface area contributed by atoms with Gasteiger partial charge in [0, 0.05) is 33.5 Å². The standard InChI is InChI=1S/C28H17NO/c1-2-10-19(11-3-1)29-24-14-5-4-12-20(24)22-16-23-21-13-6-8-18-9-7-15-26(28(18)21)30-27(23)17-25(22)29/h1-17H. The molecule has 1 aliphatic rings. The zero-order valence-electron chi connectivity index (χ0n) is 16.2. The SMILES string of the molecule is c1ccc(-n2c3ccccc3c3cc4c(cc32)Oc2cccc3cccc-4c23)cc1. The fourth-order valence-electron chi connectivity index (χ4n) is 4.88. The van der Waals surface area contributed by atoms with E-state index in [2.05, 4.69) is 108 Å². The molecule has 0 fully saturated rings. The Kier molecular flexibility index (Phi) is 3.03. The Hall–Kier alpha value is -4.04. The average molecular weight is 383 g/mol. The third kappa shape index (κ3) is 2.03. The predicted octanol–water partition coefficient (Wildman–Crippen LogP) is 7.71. The lowest BCUT2D eigenvalue weighted by Gasteiger charge is -2.21. The van der Waals surface area contributed by atoms with Crippen LogP contribution in [0.4, 0.5) is 0 Å². The van der Waals surface area contributed by atoms with Gasteiger partial charge in [-0.15, -0.1) is 0 Å². The van der Waals surface area contributed by atoms with E-state index in [0.717, 1.165) is 28.3 Å². The van der Waals surface area contributed by atoms with E-state index in [4.69, 9.17) is 4.74 Å². The zero-order chi connectivity index (χ0) is 19.7. The quantitative estimate of drug-likeness (QED) is 0.283. The normalized spacial score (nSPS) is 12.3. The first-order valence-corrected chi connectivity index (χ1v) is 10.2. The second-order valence-corrected chi connectivity index (χ2v) is 7.82. The lowest BCUT2D eigenvalue weighted by atomic mass is 9.93. The van der Waals surface area contributed by atoms with E-state index in [-0.39, 0.29) is 0 Å². The maximum Gasteiger partial charge on any atom is 0.137 e. The number of nitrogens with zero attached hydrogens (tertiary/aromatic N) is 1. The highest BCUT2D eigenvalue weighted by Crippen LogP contribution is 2.49. The lowest BCUT2D eigenvalue weighted by Crippen LogP contribution is -1.98. The Morgan fingerprint density at radius 3 is 2.23 bits per heavy atom. The number of aromatic nitrogens is 1. The van der Waals surface area contributed by atoms with Gasteiger partial charge in [0.15, 0.2) is 0 Å². The van der Waals surface area contributed by atoms with E-state index in [1.165, 1.54) is 32.6 Å². The van der Waals surface area contributed by atoms with Crippen molar-refractivity contribution in [1.29, 1.82) is 0 Å². The first kappa shape index (κ1) is 15.8. The van der Waals surface area contributed by atoms with Crippen molar-refractivity contribution < 1.29 is 4.74 Å². The summed E-state index contributed by atoms with van der Waals surface area (Å²) in [5.74, 6) is 1.84. The Bertz CT molecular complexity index is 1600. The molecule has 5 aromatic carbocycles. The Balaban J connectivity index is 1.63. The van der Waals surface area contributed by atoms with Gasteiger partial charge < -0.3 is 9.30 Å². The summed E-state index contributed by atoms with van der Waals surface area (Å²) in [6, 6.07) is 36.4. The van der Waals surface area contributed by atoms with Crippen molar-refractivity contribution in [2.24, 2.45) is 0 Å². The van der Waals surface area contributed by atoms with Gasteiger partial charge in [-0.2, -0.15) is 0 Å². The number of benzene rings is 5. The maximum atomic E-state index is 6.43. The van der Waals surface area contributed by atoms with Crippen molar-refractivity contribution in [3.63, 3.8) is 0 Å². The highest BCUT2D eigenvalue weighted by molar-refractivity contribution is 6.13. The molecule has 1 aliphatic heterocycles. The summed E-state index contributed by atoms with van der Waals surface area (Å²) >= 11 is 0. The van der Waals surface area contributed by atoms with Gasteiger partial charge >= 0.3 is 0 Å². The number of ether oxygens (including phenoxy) is 1. The number of hydrogen-bond donors (Lipinski definition) is 0. The molecule has 0 N–H and O–H groups in total. The van der Waals surface area contributed by atoms with Crippen LogP contribution in [0.2, 0.25) is 0 Å². The van der Waals surface area contributed by atoms with E-state index < -0.39 is 0 Å². The minimum Gasteiger partial charge on any atom is -0.456 e. The van der Waals surface area contributed by atoms with E-state index in [0.29, 0.717) is 0 Å². The van der Waals surface area contributed by atoms with Gasteiger partial charge in [-0.25, -0.2) is 0 Å². The molecule has 0 bridgehead atoms. The van der Waals surface area contributed by atoms with Crippen molar-refractivity contribution in [2.45, 2.75) is 0 Å². The van der Waals surface area contributed by atoms with Crippen LogP contribution in [0.15, 0.2) is 103 Å². The van der Waals surface area contributed by atoms with E-state index >= 15 is 0 Å². The molecular weight excluding hydrogens is 366 g/mol. The summed E-state index contributed by atoms with van der Waals surface area (Å²) in [5, 5.41) is 4.90. The highest BCUT2D eigenvalue weighted by atomic mass is 16.5. The monoisotopic (exact) mass is 383 g/mol. The summed E-state index contributed by atoms with van der Waals surface area (Å²) < 4.78 is 8.76. The Morgan fingerprint density at radius 1 is 0.533 bits per heavy atom. The van der Waals surface area contributed by atoms with Crippen LogP contribution < -0.4 is 4.74 Å². The van der Waals surface area contributed by atoms with E-state index in [1.807, 2.05) is 0 Å². The molecule has 2 nitrogen and oxygen atoms in total. The molecule has 140 valence electrons. The van der Waals surface area contributed by atoms with Crippen molar-refractivity contribution in [3.05, 3.63) is 103 Å². The van der Waals surface area contributed by atoms with Crippen LogP contribution in [0.3, 0.4) is 0 Å². The predicted molar refractivity (Wildman–Crippen MR) is 124 cm³/mol. The largest absolute Gasteiger partial charge is 0.456 e. The molecule has 0 radical (unpaired) electrons. The van der Waals surface area contributed by atoms with Crippen LogP contribution in [-0.2, 0) is 0 Å². The summed E-state index contributed by atoms with van der Waals surface area (Å²) in [4.78, 5) is 0. The van der Waals surface area contributed by atoms with Crippen molar-refractivity contribution in [2.75, 3.05) is 0 Å². The fourth-order valence-corrected chi connectivity index (χ4v) is 4.88. The van der Waals surface area contributed by atoms with Crippen LogP contribution in [0.1, 0.15) is 0 Å². The third-order valence-electron chi connectivity index (χ3n) is 6.16. The lowest BCUT2D eigenvalue weighted by molar-refractivity contribution is 0.487. The zero-order valence-corrected chi connectivity index (χ0v) is 16.2. The average Bonchev–Trinajstić information content (AvgIpc) is 3.12. The molecule has 0 spiro atoms. The van der Waals surface area contributed by atoms with Crippen molar-refractivity contribution in [1.82, 2.24) is 4.57 Å². The molecule has 2 heteroatoms. The highest BCUT2D eigenvalue weighted by Gasteiger charge is 2.22. The number of para-hydroxylation sites is 2. The molecule has 1 aromatic heterocycles. The topological polar surface area (TPSA) is 14.2 Å². The van der Waals surface area contributed by atoms with Crippen LogP contribution in [0.5, 0.6) is 11.5 Å². The third-order valence-corrected chi connectivity index (χ3v) is 6.16. The molecule has 30 heavy (non-hydrogen) atoms. The van der Waals surface area contributed by atoms with Gasteiger partial charge in [-0.05, 0) is 41.3 Å². The van der Waals surface area contributed by atoms with Crippen LogP contribution >= 0.6 is 0 Å². The summed E-state index contributed by atoms with van der Waals surface area (Å²) in [7, 11) is 0. The summed E-state index contributed by atoms with van der Waals surface area (Å²) in [5.41, 5.74) is 5.91. The molecule has 0 unspecified atom stereocenters. The molecule has 0 amide bonds. The molecule has 0 saturated carbocycles. The minimum absolute atomic E-state index is 0.911. The minimum atomic E-state index is 0.911. The molecule has 7 rings (SSSR count). The molecule has 6 aromatic rings. The smallest absolute Gasteiger partial charge is 0.137 e. The second kappa shape index (κ2) is 5.74. The first-order valence-electron chi connectivity index (χ1n) is 10.2. The van der Waals surface area contributed by atoms with Crippen LogP contribution in [-0.4, -0.2) is 4.57 Å². The van der Waals surface area contributed by atoms with Crippen molar-refractivity contribution >= 4 is 32.6 Å². The van der Waals surface area contributed by atoms with E-state index in [1.54, 1.807) is 0 Å². The van der Waals surface area contributed by atoms with E-state index in [9.17, 15) is 0 Å². The van der Waals surface area contributed by atoms with Gasteiger partial charge in [0.05, 0.1) is 11.0 Å².